The second-order valence-corrected chi connectivity index (χ2v) is 5.29. The third-order valence-electron chi connectivity index (χ3n) is 2.24. The summed E-state index contributed by atoms with van der Waals surface area (Å²) in [6.07, 6.45) is 4.32. The largest absolute Gasteiger partial charge is 0.362 e. The topological polar surface area (TPSA) is 74.1 Å². The Kier molecular flexibility index (Phi) is 3.33. The average molecular weight is 267 g/mol. The summed E-state index contributed by atoms with van der Waals surface area (Å²) in [5.74, 6) is 0.207. The van der Waals surface area contributed by atoms with E-state index in [1.807, 2.05) is 13.0 Å². The van der Waals surface area contributed by atoms with Crippen LogP contribution in [0, 0.1) is 0 Å². The standard InChI is InChI=1S/C11H13N3O3S/c1-3-14-11(17-18(2,15)16)7-10(13-14)9-5-4-6-12-8-9/h4-8H,3H2,1-2H3. The van der Waals surface area contributed by atoms with Gasteiger partial charge in [-0.2, -0.15) is 13.5 Å². The monoisotopic (exact) mass is 267 g/mol. The van der Waals surface area contributed by atoms with Gasteiger partial charge in [0.25, 0.3) is 0 Å². The SMILES string of the molecule is CCn1nc(-c2cccnc2)cc1OS(C)(=O)=O. The molecule has 0 aliphatic heterocycles. The zero-order valence-electron chi connectivity index (χ0n) is 10.1. The lowest BCUT2D eigenvalue weighted by atomic mass is 10.2. The molecular formula is C11H13N3O3S. The lowest BCUT2D eigenvalue weighted by Gasteiger charge is -2.03. The van der Waals surface area contributed by atoms with Crippen LogP contribution in [-0.4, -0.2) is 29.4 Å². The van der Waals surface area contributed by atoms with Crippen molar-refractivity contribution < 1.29 is 12.6 Å². The maximum Gasteiger partial charge on any atom is 0.307 e. The van der Waals surface area contributed by atoms with Gasteiger partial charge in [-0.3, -0.25) is 4.98 Å². The first kappa shape index (κ1) is 12.6. The fraction of sp³-hybridized carbons (Fsp3) is 0.273. The smallest absolute Gasteiger partial charge is 0.307 e. The van der Waals surface area contributed by atoms with Gasteiger partial charge in [0.1, 0.15) is 0 Å². The van der Waals surface area contributed by atoms with Crippen LogP contribution in [-0.2, 0) is 16.7 Å². The van der Waals surface area contributed by atoms with Gasteiger partial charge < -0.3 is 4.18 Å². The molecule has 0 atom stereocenters. The minimum absolute atomic E-state index is 0.207. The molecule has 0 saturated heterocycles. The molecule has 0 aromatic carbocycles. The van der Waals surface area contributed by atoms with E-state index in [4.69, 9.17) is 4.18 Å². The summed E-state index contributed by atoms with van der Waals surface area (Å²) in [5, 5.41) is 4.27. The molecule has 18 heavy (non-hydrogen) atoms. The molecule has 7 heteroatoms. The molecule has 0 unspecified atom stereocenters. The Hall–Kier alpha value is -1.89. The Morgan fingerprint density at radius 1 is 1.44 bits per heavy atom. The minimum atomic E-state index is -3.56. The zero-order chi connectivity index (χ0) is 13.2. The molecule has 6 nitrogen and oxygen atoms in total. The number of aromatic nitrogens is 3. The van der Waals surface area contributed by atoms with E-state index in [0.29, 0.717) is 12.2 Å². The van der Waals surface area contributed by atoms with E-state index in [2.05, 4.69) is 10.1 Å². The Morgan fingerprint density at radius 2 is 2.22 bits per heavy atom. The lowest BCUT2D eigenvalue weighted by Crippen LogP contribution is -2.10. The van der Waals surface area contributed by atoms with Gasteiger partial charge in [0.2, 0.25) is 5.88 Å². The Morgan fingerprint density at radius 3 is 2.78 bits per heavy atom. The van der Waals surface area contributed by atoms with Crippen LogP contribution < -0.4 is 4.18 Å². The summed E-state index contributed by atoms with van der Waals surface area (Å²) in [4.78, 5) is 3.99. The van der Waals surface area contributed by atoms with Crippen molar-refractivity contribution in [1.82, 2.24) is 14.8 Å². The highest BCUT2D eigenvalue weighted by atomic mass is 32.2. The van der Waals surface area contributed by atoms with Gasteiger partial charge in [0.15, 0.2) is 0 Å². The summed E-state index contributed by atoms with van der Waals surface area (Å²) < 4.78 is 28.6. The maximum absolute atomic E-state index is 11.1. The van der Waals surface area contributed by atoms with Crippen LogP contribution in [0.15, 0.2) is 30.6 Å². The number of aryl methyl sites for hydroxylation is 1. The number of hydrogen-bond acceptors (Lipinski definition) is 5. The molecule has 0 radical (unpaired) electrons. The fourth-order valence-electron chi connectivity index (χ4n) is 1.50. The molecular weight excluding hydrogens is 254 g/mol. The molecule has 2 rings (SSSR count). The molecule has 2 heterocycles. The molecule has 0 amide bonds. The van der Waals surface area contributed by atoms with Gasteiger partial charge >= 0.3 is 10.1 Å². The second kappa shape index (κ2) is 4.77. The molecule has 0 bridgehead atoms. The summed E-state index contributed by atoms with van der Waals surface area (Å²) in [6, 6.07) is 5.22. The van der Waals surface area contributed by atoms with E-state index >= 15 is 0 Å². The van der Waals surface area contributed by atoms with Crippen molar-refractivity contribution in [2.75, 3.05) is 6.26 Å². The van der Waals surface area contributed by atoms with Crippen molar-refractivity contribution >= 4 is 10.1 Å². The molecule has 0 fully saturated rings. The van der Waals surface area contributed by atoms with Gasteiger partial charge in [-0.15, -0.1) is 0 Å². The van der Waals surface area contributed by atoms with E-state index in [0.717, 1.165) is 11.8 Å². The number of pyridine rings is 1. The van der Waals surface area contributed by atoms with Crippen molar-refractivity contribution in [3.63, 3.8) is 0 Å². The van der Waals surface area contributed by atoms with Crippen LogP contribution in [0.3, 0.4) is 0 Å². The Balaban J connectivity index is 2.41. The quantitative estimate of drug-likeness (QED) is 0.781. The molecule has 2 aromatic heterocycles. The van der Waals surface area contributed by atoms with Gasteiger partial charge in [0.05, 0.1) is 11.9 Å². The van der Waals surface area contributed by atoms with E-state index < -0.39 is 10.1 Å². The summed E-state index contributed by atoms with van der Waals surface area (Å²) in [6.45, 7) is 2.38. The predicted molar refractivity (Wildman–Crippen MR) is 66.6 cm³/mol. The Bertz CT molecular complexity index is 635. The van der Waals surface area contributed by atoms with E-state index in [1.54, 1.807) is 24.5 Å². The normalized spacial score (nSPS) is 11.4. The number of nitrogens with zero attached hydrogens (tertiary/aromatic N) is 3. The first-order valence-corrected chi connectivity index (χ1v) is 7.19. The number of rotatable bonds is 4. The highest BCUT2D eigenvalue weighted by molar-refractivity contribution is 7.86. The molecule has 0 aliphatic rings. The third-order valence-corrected chi connectivity index (χ3v) is 2.71. The minimum Gasteiger partial charge on any atom is -0.362 e. The third kappa shape index (κ3) is 2.86. The van der Waals surface area contributed by atoms with E-state index in [1.165, 1.54) is 4.68 Å². The van der Waals surface area contributed by atoms with Crippen molar-refractivity contribution in [3.8, 4) is 17.1 Å². The molecule has 0 spiro atoms. The highest BCUT2D eigenvalue weighted by Crippen LogP contribution is 2.23. The van der Waals surface area contributed by atoms with Gasteiger partial charge in [-0.25, -0.2) is 4.68 Å². The summed E-state index contributed by atoms with van der Waals surface area (Å²) in [7, 11) is -3.56. The van der Waals surface area contributed by atoms with Gasteiger partial charge in [-0.05, 0) is 19.1 Å². The van der Waals surface area contributed by atoms with Crippen molar-refractivity contribution in [2.45, 2.75) is 13.5 Å². The second-order valence-electron chi connectivity index (χ2n) is 3.71. The van der Waals surface area contributed by atoms with Crippen LogP contribution in [0.4, 0.5) is 0 Å². The van der Waals surface area contributed by atoms with Crippen molar-refractivity contribution in [1.29, 1.82) is 0 Å². The fourth-order valence-corrected chi connectivity index (χ4v) is 1.95. The molecule has 0 N–H and O–H groups in total. The van der Waals surface area contributed by atoms with Crippen molar-refractivity contribution in [3.05, 3.63) is 30.6 Å². The van der Waals surface area contributed by atoms with Crippen LogP contribution in [0.5, 0.6) is 5.88 Å². The van der Waals surface area contributed by atoms with Gasteiger partial charge in [0, 0.05) is 30.6 Å². The number of hydrogen-bond donors (Lipinski definition) is 0. The van der Waals surface area contributed by atoms with Gasteiger partial charge in [-0.1, -0.05) is 0 Å². The summed E-state index contributed by atoms with van der Waals surface area (Å²) >= 11 is 0. The molecule has 0 saturated carbocycles. The average Bonchev–Trinajstić information content (AvgIpc) is 2.71. The van der Waals surface area contributed by atoms with Crippen molar-refractivity contribution in [2.24, 2.45) is 0 Å². The first-order valence-electron chi connectivity index (χ1n) is 5.37. The lowest BCUT2D eigenvalue weighted by molar-refractivity contribution is 0.449. The van der Waals surface area contributed by atoms with E-state index in [9.17, 15) is 8.42 Å². The van der Waals surface area contributed by atoms with E-state index in [-0.39, 0.29) is 5.88 Å². The first-order chi connectivity index (χ1) is 8.49. The van der Waals surface area contributed by atoms with Crippen LogP contribution in [0.25, 0.3) is 11.3 Å². The molecule has 96 valence electrons. The summed E-state index contributed by atoms with van der Waals surface area (Å²) in [5.41, 5.74) is 1.44. The molecule has 0 aliphatic carbocycles. The Labute approximate surface area is 105 Å². The molecule has 2 aromatic rings. The van der Waals surface area contributed by atoms with Crippen LogP contribution >= 0.6 is 0 Å². The maximum atomic E-state index is 11.1. The van der Waals surface area contributed by atoms with Crippen LogP contribution in [0.1, 0.15) is 6.92 Å². The highest BCUT2D eigenvalue weighted by Gasteiger charge is 2.13. The zero-order valence-corrected chi connectivity index (χ0v) is 10.9. The van der Waals surface area contributed by atoms with Crippen LogP contribution in [0.2, 0.25) is 0 Å². The predicted octanol–water partition coefficient (Wildman–Crippen LogP) is 1.30.